The fourth-order valence-corrected chi connectivity index (χ4v) is 4.83. The SMILES string of the molecule is COCCn1c(C2CCCC(NC(=O)c3ccc4c(c3)OCCO4)C2)nc2ccccc21. The van der Waals surface area contributed by atoms with Crippen molar-refractivity contribution in [1.29, 1.82) is 0 Å². The van der Waals surface area contributed by atoms with E-state index in [4.69, 9.17) is 19.2 Å². The highest BCUT2D eigenvalue weighted by molar-refractivity contribution is 5.95. The van der Waals surface area contributed by atoms with Crippen LogP contribution in [0.1, 0.15) is 47.8 Å². The molecule has 2 heterocycles. The average Bonchev–Trinajstić information content (AvgIpc) is 3.21. The number of amides is 1. The van der Waals surface area contributed by atoms with Crippen molar-refractivity contribution in [1.82, 2.24) is 14.9 Å². The number of para-hydroxylation sites is 2. The molecule has 1 aromatic heterocycles. The minimum atomic E-state index is -0.0690. The third-order valence-electron chi connectivity index (χ3n) is 6.38. The second-order valence-corrected chi connectivity index (χ2v) is 8.50. The molecule has 1 amide bonds. The Labute approximate surface area is 187 Å². The van der Waals surface area contributed by atoms with Gasteiger partial charge in [0.05, 0.1) is 17.6 Å². The van der Waals surface area contributed by atoms with Gasteiger partial charge in [-0.05, 0) is 49.6 Å². The fourth-order valence-electron chi connectivity index (χ4n) is 4.83. The molecule has 1 aliphatic heterocycles. The Morgan fingerprint density at radius 2 is 2.00 bits per heavy atom. The van der Waals surface area contributed by atoms with E-state index in [2.05, 4.69) is 22.0 Å². The topological polar surface area (TPSA) is 74.6 Å². The molecule has 0 bridgehead atoms. The summed E-state index contributed by atoms with van der Waals surface area (Å²) >= 11 is 0. The summed E-state index contributed by atoms with van der Waals surface area (Å²) in [7, 11) is 1.73. The summed E-state index contributed by atoms with van der Waals surface area (Å²) in [5, 5.41) is 3.24. The lowest BCUT2D eigenvalue weighted by molar-refractivity contribution is 0.0923. The van der Waals surface area contributed by atoms with Gasteiger partial charge in [0.2, 0.25) is 0 Å². The van der Waals surface area contributed by atoms with E-state index in [-0.39, 0.29) is 11.9 Å². The zero-order valence-corrected chi connectivity index (χ0v) is 18.4. The summed E-state index contributed by atoms with van der Waals surface area (Å²) in [6.45, 7) is 2.46. The summed E-state index contributed by atoms with van der Waals surface area (Å²) in [5.74, 6) is 2.67. The number of rotatable bonds is 6. The van der Waals surface area contributed by atoms with E-state index < -0.39 is 0 Å². The predicted molar refractivity (Wildman–Crippen MR) is 122 cm³/mol. The van der Waals surface area contributed by atoms with Crippen molar-refractivity contribution in [2.75, 3.05) is 26.9 Å². The molecule has 2 atom stereocenters. The minimum absolute atomic E-state index is 0.0690. The molecule has 7 nitrogen and oxygen atoms in total. The van der Waals surface area contributed by atoms with E-state index in [0.717, 1.165) is 49.1 Å². The first-order chi connectivity index (χ1) is 15.7. The van der Waals surface area contributed by atoms with Gasteiger partial charge in [0, 0.05) is 31.2 Å². The Hall–Kier alpha value is -3.06. The molecular weight excluding hydrogens is 406 g/mol. The molecule has 168 valence electrons. The maximum atomic E-state index is 12.9. The van der Waals surface area contributed by atoms with Crippen LogP contribution in [-0.2, 0) is 11.3 Å². The highest BCUT2D eigenvalue weighted by Crippen LogP contribution is 2.35. The van der Waals surface area contributed by atoms with Crippen LogP contribution in [0.5, 0.6) is 11.5 Å². The molecule has 2 aliphatic rings. The largest absolute Gasteiger partial charge is 0.486 e. The van der Waals surface area contributed by atoms with Crippen LogP contribution in [0.2, 0.25) is 0 Å². The van der Waals surface area contributed by atoms with Crippen LogP contribution in [-0.4, -0.2) is 48.4 Å². The summed E-state index contributed by atoms with van der Waals surface area (Å²) in [6.07, 6.45) is 3.99. The molecule has 0 spiro atoms. The van der Waals surface area contributed by atoms with Crippen LogP contribution >= 0.6 is 0 Å². The first kappa shape index (κ1) is 20.8. The monoisotopic (exact) mass is 435 g/mol. The summed E-state index contributed by atoms with van der Waals surface area (Å²) < 4.78 is 18.8. The number of carbonyl (C=O) groups excluding carboxylic acids is 1. The molecule has 1 N–H and O–H groups in total. The third-order valence-corrected chi connectivity index (χ3v) is 6.38. The van der Waals surface area contributed by atoms with Crippen LogP contribution < -0.4 is 14.8 Å². The molecule has 0 saturated heterocycles. The predicted octanol–water partition coefficient (Wildman–Crippen LogP) is 3.91. The molecular formula is C25H29N3O4. The molecule has 32 heavy (non-hydrogen) atoms. The number of benzene rings is 2. The molecule has 1 saturated carbocycles. The molecule has 7 heteroatoms. The zero-order valence-electron chi connectivity index (χ0n) is 18.4. The van der Waals surface area contributed by atoms with Gasteiger partial charge in [-0.15, -0.1) is 0 Å². The summed E-state index contributed by atoms with van der Waals surface area (Å²) in [4.78, 5) is 17.9. The van der Waals surface area contributed by atoms with Crippen LogP contribution in [0.4, 0.5) is 0 Å². The van der Waals surface area contributed by atoms with Gasteiger partial charge in [-0.3, -0.25) is 4.79 Å². The number of hydrogen-bond donors (Lipinski definition) is 1. The van der Waals surface area contributed by atoms with E-state index in [1.54, 1.807) is 19.2 Å². The minimum Gasteiger partial charge on any atom is -0.486 e. The highest BCUT2D eigenvalue weighted by Gasteiger charge is 2.29. The lowest BCUT2D eigenvalue weighted by Gasteiger charge is -2.30. The quantitative estimate of drug-likeness (QED) is 0.635. The second kappa shape index (κ2) is 9.20. The third kappa shape index (κ3) is 4.17. The van der Waals surface area contributed by atoms with Gasteiger partial charge in [-0.25, -0.2) is 4.98 Å². The van der Waals surface area contributed by atoms with Crippen molar-refractivity contribution < 1.29 is 19.0 Å². The smallest absolute Gasteiger partial charge is 0.251 e. The maximum absolute atomic E-state index is 12.9. The van der Waals surface area contributed by atoms with Crippen molar-refractivity contribution in [3.05, 3.63) is 53.9 Å². The molecule has 1 fully saturated rings. The lowest BCUT2D eigenvalue weighted by Crippen LogP contribution is -2.38. The number of nitrogens with zero attached hydrogens (tertiary/aromatic N) is 2. The van der Waals surface area contributed by atoms with E-state index in [0.29, 0.717) is 42.8 Å². The van der Waals surface area contributed by atoms with Crippen LogP contribution in [0.25, 0.3) is 11.0 Å². The first-order valence-electron chi connectivity index (χ1n) is 11.4. The normalized spacial score (nSPS) is 20.3. The number of ether oxygens (including phenoxy) is 3. The summed E-state index contributed by atoms with van der Waals surface area (Å²) in [6, 6.07) is 13.8. The van der Waals surface area contributed by atoms with Crippen molar-refractivity contribution >= 4 is 16.9 Å². The van der Waals surface area contributed by atoms with Crippen molar-refractivity contribution in [3.8, 4) is 11.5 Å². The number of carbonyl (C=O) groups is 1. The number of imidazole rings is 1. The van der Waals surface area contributed by atoms with E-state index in [1.807, 2.05) is 18.2 Å². The Balaban J connectivity index is 1.32. The van der Waals surface area contributed by atoms with E-state index in [1.165, 1.54) is 0 Å². The van der Waals surface area contributed by atoms with Crippen LogP contribution in [0.3, 0.4) is 0 Å². The first-order valence-corrected chi connectivity index (χ1v) is 11.4. The van der Waals surface area contributed by atoms with Gasteiger partial charge < -0.3 is 24.1 Å². The number of nitrogens with one attached hydrogen (secondary N) is 1. The number of fused-ring (bicyclic) bond motifs is 2. The Morgan fingerprint density at radius 1 is 1.16 bits per heavy atom. The Kier molecular flexibility index (Phi) is 5.99. The van der Waals surface area contributed by atoms with Gasteiger partial charge >= 0.3 is 0 Å². The molecule has 2 unspecified atom stereocenters. The van der Waals surface area contributed by atoms with Gasteiger partial charge in [-0.2, -0.15) is 0 Å². The van der Waals surface area contributed by atoms with Crippen LogP contribution in [0.15, 0.2) is 42.5 Å². The molecule has 0 radical (unpaired) electrons. The number of hydrogen-bond acceptors (Lipinski definition) is 5. The Morgan fingerprint density at radius 3 is 2.88 bits per heavy atom. The Bertz CT molecular complexity index is 1110. The van der Waals surface area contributed by atoms with Gasteiger partial charge in [-0.1, -0.05) is 18.6 Å². The zero-order chi connectivity index (χ0) is 21.9. The summed E-state index contributed by atoms with van der Waals surface area (Å²) in [5.41, 5.74) is 2.76. The molecule has 2 aromatic carbocycles. The van der Waals surface area contributed by atoms with Gasteiger partial charge in [0.25, 0.3) is 5.91 Å². The van der Waals surface area contributed by atoms with E-state index >= 15 is 0 Å². The van der Waals surface area contributed by atoms with Crippen molar-refractivity contribution in [2.45, 2.75) is 44.2 Å². The van der Waals surface area contributed by atoms with Gasteiger partial charge in [0.15, 0.2) is 11.5 Å². The fraction of sp³-hybridized carbons (Fsp3) is 0.440. The van der Waals surface area contributed by atoms with Gasteiger partial charge in [0.1, 0.15) is 19.0 Å². The molecule has 3 aromatic rings. The molecule has 1 aliphatic carbocycles. The lowest BCUT2D eigenvalue weighted by atomic mass is 9.85. The number of aromatic nitrogens is 2. The standard InChI is InChI=1S/C25H29N3O4/c1-30-12-11-28-21-8-3-2-7-20(21)27-24(28)17-5-4-6-19(15-17)26-25(29)18-9-10-22-23(16-18)32-14-13-31-22/h2-3,7-10,16-17,19H,4-6,11-15H2,1H3,(H,26,29). The van der Waals surface area contributed by atoms with Crippen molar-refractivity contribution in [2.24, 2.45) is 0 Å². The molecule has 5 rings (SSSR count). The average molecular weight is 436 g/mol. The highest BCUT2D eigenvalue weighted by atomic mass is 16.6. The van der Waals surface area contributed by atoms with Crippen molar-refractivity contribution in [3.63, 3.8) is 0 Å². The van der Waals surface area contributed by atoms with E-state index in [9.17, 15) is 4.79 Å². The second-order valence-electron chi connectivity index (χ2n) is 8.50. The number of methoxy groups -OCH3 is 1. The maximum Gasteiger partial charge on any atom is 0.251 e. The van der Waals surface area contributed by atoms with Crippen LogP contribution in [0, 0.1) is 0 Å².